The Balaban J connectivity index is 1.53. The summed E-state index contributed by atoms with van der Waals surface area (Å²) in [5.74, 6) is 1.60. The summed E-state index contributed by atoms with van der Waals surface area (Å²) in [5, 5.41) is 6.73. The van der Waals surface area contributed by atoms with Gasteiger partial charge in [0, 0.05) is 30.6 Å². The molecule has 3 rings (SSSR count). The smallest absolute Gasteiger partial charge is 0.324 e. The molecule has 0 saturated carbocycles. The van der Waals surface area contributed by atoms with Gasteiger partial charge in [-0.05, 0) is 25.7 Å². The molecule has 2 aromatic heterocycles. The second-order valence-electron chi connectivity index (χ2n) is 6.04. The highest BCUT2D eigenvalue weighted by atomic mass is 32.1. The van der Waals surface area contributed by atoms with Gasteiger partial charge in [0.05, 0.1) is 0 Å². The minimum atomic E-state index is 0.183. The molecule has 1 atom stereocenters. The highest BCUT2D eigenvalue weighted by molar-refractivity contribution is 7.11. The Hall–Kier alpha value is -1.63. The molecule has 0 bridgehead atoms. The van der Waals surface area contributed by atoms with Crippen LogP contribution in [0.15, 0.2) is 16.1 Å². The van der Waals surface area contributed by atoms with E-state index < -0.39 is 0 Å². The summed E-state index contributed by atoms with van der Waals surface area (Å²) in [4.78, 5) is 10.8. The first-order valence-corrected chi connectivity index (χ1v) is 8.66. The van der Waals surface area contributed by atoms with E-state index in [9.17, 15) is 0 Å². The van der Waals surface area contributed by atoms with E-state index in [1.807, 2.05) is 5.38 Å². The van der Waals surface area contributed by atoms with E-state index in [1.165, 1.54) is 0 Å². The van der Waals surface area contributed by atoms with Crippen LogP contribution in [-0.4, -0.2) is 34.3 Å². The van der Waals surface area contributed by atoms with E-state index in [0.29, 0.717) is 17.9 Å². The highest BCUT2D eigenvalue weighted by Crippen LogP contribution is 2.28. The average molecular weight is 322 g/mol. The third kappa shape index (κ3) is 3.40. The van der Waals surface area contributed by atoms with Crippen molar-refractivity contribution in [2.45, 2.75) is 45.6 Å². The fourth-order valence-electron chi connectivity index (χ4n) is 2.67. The van der Waals surface area contributed by atoms with E-state index >= 15 is 0 Å². The maximum Gasteiger partial charge on any atom is 0.324 e. The zero-order valence-electron chi connectivity index (χ0n) is 13.2. The summed E-state index contributed by atoms with van der Waals surface area (Å²) in [5.41, 5.74) is 0. The second kappa shape index (κ2) is 6.64. The first-order valence-electron chi connectivity index (χ1n) is 7.78. The monoisotopic (exact) mass is 322 g/mol. The molecule has 1 saturated heterocycles. The predicted octanol–water partition coefficient (Wildman–Crippen LogP) is 3.33. The number of piperidine rings is 1. The Morgan fingerprint density at radius 2 is 2.09 bits per heavy atom. The van der Waals surface area contributed by atoms with Crippen LogP contribution < -0.4 is 9.64 Å². The summed E-state index contributed by atoms with van der Waals surface area (Å²) in [6, 6.07) is 0.649. The van der Waals surface area contributed by atoms with Gasteiger partial charge in [-0.3, -0.25) is 0 Å². The normalized spacial score (nSPS) is 17.9. The van der Waals surface area contributed by atoms with Crippen LogP contribution in [0, 0.1) is 5.92 Å². The van der Waals surface area contributed by atoms with E-state index in [1.54, 1.807) is 17.5 Å². The van der Waals surface area contributed by atoms with Gasteiger partial charge in [-0.1, -0.05) is 30.3 Å². The Morgan fingerprint density at radius 1 is 1.32 bits per heavy atom. The van der Waals surface area contributed by atoms with Gasteiger partial charge in [0.15, 0.2) is 5.82 Å². The first-order chi connectivity index (χ1) is 10.6. The number of hydrogen-bond donors (Lipinski definition) is 0. The van der Waals surface area contributed by atoms with Crippen LogP contribution in [0.5, 0.6) is 5.19 Å². The maximum atomic E-state index is 5.91. The van der Waals surface area contributed by atoms with Gasteiger partial charge in [0.2, 0.25) is 0 Å². The molecule has 3 heterocycles. The standard InChI is InChI=1S/C15H22N4O2S/c1-10(2)13-17-14(21-18-13)19-7-4-12(5-8-19)11(3)20-15-16-6-9-22-15/h6,9-12H,4-5,7-8H2,1-3H3. The molecule has 0 aromatic carbocycles. The Bertz CT molecular complexity index is 576. The van der Waals surface area contributed by atoms with Gasteiger partial charge in [0.1, 0.15) is 6.10 Å². The number of rotatable bonds is 5. The van der Waals surface area contributed by atoms with Crippen LogP contribution in [0.2, 0.25) is 0 Å². The number of ether oxygens (including phenoxy) is 1. The molecule has 6 nitrogen and oxygen atoms in total. The molecule has 7 heteroatoms. The molecule has 1 fully saturated rings. The minimum Gasteiger partial charge on any atom is -0.467 e. The molecular weight excluding hydrogens is 300 g/mol. The van der Waals surface area contributed by atoms with Crippen LogP contribution in [0.3, 0.4) is 0 Å². The van der Waals surface area contributed by atoms with Crippen molar-refractivity contribution in [3.63, 3.8) is 0 Å². The SMILES string of the molecule is CC(C)c1noc(N2CCC(C(C)Oc3nccs3)CC2)n1. The molecule has 2 aromatic rings. The van der Waals surface area contributed by atoms with Crippen molar-refractivity contribution in [2.75, 3.05) is 18.0 Å². The maximum absolute atomic E-state index is 5.91. The van der Waals surface area contributed by atoms with Crippen molar-refractivity contribution < 1.29 is 9.26 Å². The van der Waals surface area contributed by atoms with Gasteiger partial charge >= 0.3 is 6.01 Å². The van der Waals surface area contributed by atoms with Crippen molar-refractivity contribution in [3.8, 4) is 5.19 Å². The zero-order chi connectivity index (χ0) is 15.5. The summed E-state index contributed by atoms with van der Waals surface area (Å²) < 4.78 is 11.3. The average Bonchev–Trinajstić information content (AvgIpc) is 3.18. The molecule has 0 radical (unpaired) electrons. The van der Waals surface area contributed by atoms with Crippen molar-refractivity contribution in [2.24, 2.45) is 5.92 Å². The fraction of sp³-hybridized carbons (Fsp3) is 0.667. The summed E-state index contributed by atoms with van der Waals surface area (Å²) >= 11 is 1.54. The molecule has 120 valence electrons. The highest BCUT2D eigenvalue weighted by Gasteiger charge is 2.28. The molecule has 0 N–H and O–H groups in total. The lowest BCUT2D eigenvalue weighted by atomic mass is 9.92. The second-order valence-corrected chi connectivity index (χ2v) is 6.89. The number of hydrogen-bond acceptors (Lipinski definition) is 7. The lowest BCUT2D eigenvalue weighted by molar-refractivity contribution is 0.131. The lowest BCUT2D eigenvalue weighted by Gasteiger charge is -2.33. The van der Waals surface area contributed by atoms with E-state index in [2.05, 4.69) is 40.8 Å². The molecule has 1 aliphatic heterocycles. The van der Waals surface area contributed by atoms with Crippen LogP contribution in [-0.2, 0) is 0 Å². The molecule has 1 aliphatic rings. The van der Waals surface area contributed by atoms with E-state index in [4.69, 9.17) is 9.26 Å². The summed E-state index contributed by atoms with van der Waals surface area (Å²) in [6.07, 6.45) is 4.08. The Labute approximate surface area is 134 Å². The number of anilines is 1. The minimum absolute atomic E-state index is 0.183. The Morgan fingerprint density at radius 3 is 2.68 bits per heavy atom. The topological polar surface area (TPSA) is 64.3 Å². The first kappa shape index (κ1) is 15.3. The largest absolute Gasteiger partial charge is 0.467 e. The number of aromatic nitrogens is 3. The van der Waals surface area contributed by atoms with Gasteiger partial charge in [0.25, 0.3) is 5.19 Å². The Kier molecular flexibility index (Phi) is 4.61. The summed E-state index contributed by atoms with van der Waals surface area (Å²) in [7, 11) is 0. The van der Waals surface area contributed by atoms with Gasteiger partial charge in [-0.15, -0.1) is 0 Å². The van der Waals surface area contributed by atoms with Crippen molar-refractivity contribution in [1.82, 2.24) is 15.1 Å². The van der Waals surface area contributed by atoms with E-state index in [-0.39, 0.29) is 6.10 Å². The van der Waals surface area contributed by atoms with Gasteiger partial charge < -0.3 is 14.2 Å². The third-order valence-electron chi connectivity index (χ3n) is 4.12. The third-order valence-corrected chi connectivity index (χ3v) is 4.78. The number of thiazole rings is 1. The van der Waals surface area contributed by atoms with Crippen molar-refractivity contribution in [1.29, 1.82) is 0 Å². The van der Waals surface area contributed by atoms with Crippen molar-refractivity contribution in [3.05, 3.63) is 17.4 Å². The summed E-state index contributed by atoms with van der Waals surface area (Å²) in [6.45, 7) is 8.12. The van der Waals surface area contributed by atoms with Crippen LogP contribution in [0.1, 0.15) is 45.4 Å². The molecule has 0 amide bonds. The fourth-order valence-corrected chi connectivity index (χ4v) is 3.24. The quantitative estimate of drug-likeness (QED) is 0.841. The molecular formula is C15H22N4O2S. The molecule has 0 aliphatic carbocycles. The molecule has 22 heavy (non-hydrogen) atoms. The van der Waals surface area contributed by atoms with Crippen molar-refractivity contribution >= 4 is 17.4 Å². The van der Waals surface area contributed by atoms with E-state index in [0.717, 1.165) is 36.9 Å². The van der Waals surface area contributed by atoms with Gasteiger partial charge in [-0.2, -0.15) is 4.98 Å². The van der Waals surface area contributed by atoms with Crippen LogP contribution in [0.4, 0.5) is 6.01 Å². The predicted molar refractivity (Wildman–Crippen MR) is 85.5 cm³/mol. The zero-order valence-corrected chi connectivity index (χ0v) is 14.0. The van der Waals surface area contributed by atoms with Crippen LogP contribution in [0.25, 0.3) is 0 Å². The number of nitrogens with zero attached hydrogens (tertiary/aromatic N) is 4. The lowest BCUT2D eigenvalue weighted by Crippen LogP contribution is -2.38. The van der Waals surface area contributed by atoms with Gasteiger partial charge in [-0.25, -0.2) is 4.98 Å². The van der Waals surface area contributed by atoms with Crippen LogP contribution >= 0.6 is 11.3 Å². The molecule has 0 spiro atoms. The molecule has 1 unspecified atom stereocenters.